The highest BCUT2D eigenvalue weighted by Crippen LogP contribution is 2.37. The molecule has 0 spiro atoms. The van der Waals surface area contributed by atoms with Gasteiger partial charge in [0, 0.05) is 46.9 Å². The number of benzene rings is 2. The molecule has 0 aliphatic carbocycles. The molecule has 1 aliphatic heterocycles. The number of nitrogens with zero attached hydrogens (tertiary/aromatic N) is 2. The van der Waals surface area contributed by atoms with Gasteiger partial charge in [-0.05, 0) is 25.1 Å². The summed E-state index contributed by atoms with van der Waals surface area (Å²) in [5.74, 6) is 0.167. The van der Waals surface area contributed by atoms with Crippen LogP contribution < -0.4 is 10.5 Å². The summed E-state index contributed by atoms with van der Waals surface area (Å²) in [6.07, 6.45) is 1.09. The van der Waals surface area contributed by atoms with Gasteiger partial charge in [0.1, 0.15) is 11.6 Å². The SMILES string of the molecule is CCCN1Cc2nc3c(-c4ccc(OC)cc4F)cccc3c(N)c2C1. The average molecular weight is 351 g/mol. The van der Waals surface area contributed by atoms with Crippen LogP contribution in [0.15, 0.2) is 36.4 Å². The minimum absolute atomic E-state index is 0.328. The molecule has 5 heteroatoms. The van der Waals surface area contributed by atoms with Gasteiger partial charge in [-0.3, -0.25) is 9.88 Å². The molecule has 1 aliphatic rings. The van der Waals surface area contributed by atoms with Crippen molar-refractivity contribution in [3.05, 3.63) is 53.5 Å². The van der Waals surface area contributed by atoms with Crippen LogP contribution in [0.3, 0.4) is 0 Å². The normalized spacial score (nSPS) is 14.0. The number of ether oxygens (including phenoxy) is 1. The summed E-state index contributed by atoms with van der Waals surface area (Å²) in [5.41, 5.74) is 11.4. The van der Waals surface area contributed by atoms with Gasteiger partial charge in [-0.2, -0.15) is 0 Å². The zero-order valence-corrected chi connectivity index (χ0v) is 15.1. The fraction of sp³-hybridized carbons (Fsp3) is 0.286. The molecule has 0 saturated carbocycles. The second-order valence-corrected chi connectivity index (χ2v) is 6.71. The van der Waals surface area contributed by atoms with Crippen molar-refractivity contribution in [1.82, 2.24) is 9.88 Å². The number of nitrogens with two attached hydrogens (primary N) is 1. The molecule has 3 aromatic rings. The molecule has 4 nitrogen and oxygen atoms in total. The van der Waals surface area contributed by atoms with Gasteiger partial charge in [0.2, 0.25) is 0 Å². The van der Waals surface area contributed by atoms with E-state index in [-0.39, 0.29) is 5.82 Å². The number of rotatable bonds is 4. The molecule has 0 radical (unpaired) electrons. The number of nitrogen functional groups attached to an aromatic ring is 1. The van der Waals surface area contributed by atoms with Crippen molar-refractivity contribution in [3.8, 4) is 16.9 Å². The fourth-order valence-electron chi connectivity index (χ4n) is 3.73. The summed E-state index contributed by atoms with van der Waals surface area (Å²) in [7, 11) is 1.53. The van der Waals surface area contributed by atoms with E-state index < -0.39 is 0 Å². The predicted octanol–water partition coefficient (Wildman–Crippen LogP) is 4.36. The molecular formula is C21H22FN3O. The third-order valence-corrected chi connectivity index (χ3v) is 5.01. The van der Waals surface area contributed by atoms with E-state index in [1.807, 2.05) is 18.2 Å². The zero-order valence-electron chi connectivity index (χ0n) is 15.1. The van der Waals surface area contributed by atoms with Gasteiger partial charge in [-0.15, -0.1) is 0 Å². The molecule has 134 valence electrons. The van der Waals surface area contributed by atoms with E-state index in [0.29, 0.717) is 11.3 Å². The molecule has 1 aromatic heterocycles. The summed E-state index contributed by atoms with van der Waals surface area (Å²) >= 11 is 0. The van der Waals surface area contributed by atoms with Crippen molar-refractivity contribution in [2.24, 2.45) is 0 Å². The number of halogens is 1. The largest absolute Gasteiger partial charge is 0.497 e. The van der Waals surface area contributed by atoms with E-state index in [4.69, 9.17) is 15.5 Å². The fourth-order valence-corrected chi connectivity index (χ4v) is 3.73. The lowest BCUT2D eigenvalue weighted by Gasteiger charge is -2.12. The smallest absolute Gasteiger partial charge is 0.134 e. The summed E-state index contributed by atoms with van der Waals surface area (Å²) in [6, 6.07) is 10.7. The van der Waals surface area contributed by atoms with Gasteiger partial charge in [0.05, 0.1) is 18.3 Å². The Hall–Kier alpha value is -2.66. The Morgan fingerprint density at radius 2 is 2.04 bits per heavy atom. The number of methoxy groups -OCH3 is 1. The molecular weight excluding hydrogens is 329 g/mol. The van der Waals surface area contributed by atoms with Crippen LogP contribution in [0.1, 0.15) is 24.6 Å². The Labute approximate surface area is 152 Å². The van der Waals surface area contributed by atoms with Crippen LogP contribution in [0.2, 0.25) is 0 Å². The summed E-state index contributed by atoms with van der Waals surface area (Å²) in [6.45, 7) is 4.81. The molecule has 0 unspecified atom stereocenters. The zero-order chi connectivity index (χ0) is 18.3. The maximum Gasteiger partial charge on any atom is 0.134 e. The van der Waals surface area contributed by atoms with Gasteiger partial charge in [0.25, 0.3) is 0 Å². The second-order valence-electron chi connectivity index (χ2n) is 6.71. The lowest BCUT2D eigenvalue weighted by Crippen LogP contribution is -2.16. The minimum Gasteiger partial charge on any atom is -0.497 e. The van der Waals surface area contributed by atoms with Gasteiger partial charge >= 0.3 is 0 Å². The first-order valence-electron chi connectivity index (χ1n) is 8.88. The Morgan fingerprint density at radius 3 is 2.77 bits per heavy atom. The summed E-state index contributed by atoms with van der Waals surface area (Å²) < 4.78 is 19.7. The minimum atomic E-state index is -0.328. The number of hydrogen-bond donors (Lipinski definition) is 1. The van der Waals surface area contributed by atoms with Crippen LogP contribution in [-0.2, 0) is 13.1 Å². The predicted molar refractivity (Wildman–Crippen MR) is 103 cm³/mol. The third kappa shape index (κ3) is 2.69. The van der Waals surface area contributed by atoms with Crippen LogP contribution in [0.5, 0.6) is 5.75 Å². The molecule has 2 aromatic carbocycles. The lowest BCUT2D eigenvalue weighted by atomic mass is 9.99. The highest BCUT2D eigenvalue weighted by Gasteiger charge is 2.24. The quantitative estimate of drug-likeness (QED) is 0.759. The van der Waals surface area contributed by atoms with E-state index in [2.05, 4.69) is 11.8 Å². The second kappa shape index (κ2) is 6.57. The van der Waals surface area contributed by atoms with Gasteiger partial charge in [-0.1, -0.05) is 25.1 Å². The Morgan fingerprint density at radius 1 is 1.19 bits per heavy atom. The number of fused-ring (bicyclic) bond motifs is 2. The topological polar surface area (TPSA) is 51.4 Å². The highest BCUT2D eigenvalue weighted by atomic mass is 19.1. The standard InChI is InChI=1S/C21H22FN3O/c1-3-9-25-11-17-19(12-25)24-21-15(5-4-6-16(21)20(17)23)14-8-7-13(26-2)10-18(14)22/h4-8,10H,3,9,11-12H2,1-2H3,(H2,23,24). The third-order valence-electron chi connectivity index (χ3n) is 5.01. The van der Waals surface area contributed by atoms with Crippen LogP contribution >= 0.6 is 0 Å². The molecule has 4 rings (SSSR count). The van der Waals surface area contributed by atoms with Crippen molar-refractivity contribution in [1.29, 1.82) is 0 Å². The molecule has 0 atom stereocenters. The number of para-hydroxylation sites is 1. The van der Waals surface area contributed by atoms with Crippen LogP contribution in [0.4, 0.5) is 10.1 Å². The monoisotopic (exact) mass is 351 g/mol. The lowest BCUT2D eigenvalue weighted by molar-refractivity contribution is 0.283. The average Bonchev–Trinajstić information content (AvgIpc) is 3.05. The maximum atomic E-state index is 14.6. The van der Waals surface area contributed by atoms with Crippen molar-refractivity contribution in [2.75, 3.05) is 19.4 Å². The molecule has 2 N–H and O–H groups in total. The summed E-state index contributed by atoms with van der Waals surface area (Å²) in [5, 5.41) is 0.884. The van der Waals surface area contributed by atoms with E-state index in [9.17, 15) is 4.39 Å². The summed E-state index contributed by atoms with van der Waals surface area (Å²) in [4.78, 5) is 7.24. The first kappa shape index (κ1) is 16.8. The number of aromatic nitrogens is 1. The van der Waals surface area contributed by atoms with Crippen LogP contribution in [-0.4, -0.2) is 23.5 Å². The van der Waals surface area contributed by atoms with Crippen molar-refractivity contribution < 1.29 is 9.13 Å². The Bertz CT molecular complexity index is 987. The molecule has 26 heavy (non-hydrogen) atoms. The van der Waals surface area contributed by atoms with Crippen LogP contribution in [0.25, 0.3) is 22.0 Å². The van der Waals surface area contributed by atoms with Crippen LogP contribution in [0, 0.1) is 5.82 Å². The Balaban J connectivity index is 1.88. The van der Waals surface area contributed by atoms with Crippen molar-refractivity contribution in [3.63, 3.8) is 0 Å². The molecule has 0 saturated heterocycles. The first-order chi connectivity index (χ1) is 12.6. The van der Waals surface area contributed by atoms with E-state index >= 15 is 0 Å². The molecule has 0 bridgehead atoms. The van der Waals surface area contributed by atoms with Crippen molar-refractivity contribution in [2.45, 2.75) is 26.4 Å². The number of hydrogen-bond acceptors (Lipinski definition) is 4. The van der Waals surface area contributed by atoms with E-state index in [0.717, 1.165) is 59.5 Å². The first-order valence-corrected chi connectivity index (χ1v) is 8.88. The highest BCUT2D eigenvalue weighted by molar-refractivity contribution is 6.01. The number of pyridine rings is 1. The Kier molecular flexibility index (Phi) is 4.24. The molecule has 0 fully saturated rings. The van der Waals surface area contributed by atoms with Gasteiger partial charge < -0.3 is 10.5 Å². The van der Waals surface area contributed by atoms with E-state index in [1.54, 1.807) is 12.1 Å². The van der Waals surface area contributed by atoms with Gasteiger partial charge in [0.15, 0.2) is 0 Å². The van der Waals surface area contributed by atoms with Gasteiger partial charge in [-0.25, -0.2) is 4.39 Å². The molecule has 0 amide bonds. The number of anilines is 1. The van der Waals surface area contributed by atoms with Crippen molar-refractivity contribution >= 4 is 16.6 Å². The van der Waals surface area contributed by atoms with E-state index in [1.165, 1.54) is 13.2 Å². The molecule has 2 heterocycles. The maximum absolute atomic E-state index is 14.6.